The molecule has 2 heterocycles. The molecule has 84 valence electrons. The van der Waals surface area contributed by atoms with Crippen molar-refractivity contribution in [3.8, 4) is 0 Å². The monoisotopic (exact) mass is 257 g/mol. The third kappa shape index (κ3) is 2.40. The molecule has 0 unspecified atom stereocenters. The summed E-state index contributed by atoms with van der Waals surface area (Å²) in [6.07, 6.45) is 0. The van der Waals surface area contributed by atoms with Crippen LogP contribution in [0.3, 0.4) is 0 Å². The molecule has 0 aliphatic rings. The molecule has 0 saturated carbocycles. The van der Waals surface area contributed by atoms with Gasteiger partial charge in [0.25, 0.3) is 5.91 Å². The molecule has 1 amide bonds. The molecule has 0 aliphatic heterocycles. The molecule has 2 aromatic heterocycles. The molecule has 0 saturated heterocycles. The summed E-state index contributed by atoms with van der Waals surface area (Å²) >= 11 is 6.69. The number of carbonyl (C=O) groups excluding carboxylic acids is 1. The Labute approximate surface area is 101 Å². The largest absolute Gasteiger partial charge is 0.455 e. The predicted molar refractivity (Wildman–Crippen MR) is 60.9 cm³/mol. The summed E-state index contributed by atoms with van der Waals surface area (Å²) in [5, 5.41) is 3.04. The van der Waals surface area contributed by atoms with Crippen molar-refractivity contribution in [2.75, 3.05) is 5.32 Å². The minimum Gasteiger partial charge on any atom is -0.455 e. The number of carbonyl (C=O) groups is 1. The van der Waals surface area contributed by atoms with Crippen LogP contribution in [0.4, 0.5) is 5.13 Å². The molecule has 0 aliphatic carbocycles. The number of aromatic nitrogens is 2. The molecule has 1 N–H and O–H groups in total. The van der Waals surface area contributed by atoms with E-state index in [4.69, 9.17) is 16.0 Å². The van der Waals surface area contributed by atoms with Crippen molar-refractivity contribution in [2.45, 2.75) is 12.8 Å². The molecule has 2 aromatic rings. The second kappa shape index (κ2) is 4.63. The molecule has 0 bridgehead atoms. The minimum absolute atomic E-state index is 0.212. The lowest BCUT2D eigenvalue weighted by Gasteiger charge is -1.96. The summed E-state index contributed by atoms with van der Waals surface area (Å²) in [7, 11) is 0. The first kappa shape index (κ1) is 11.1. The van der Waals surface area contributed by atoms with E-state index in [1.54, 1.807) is 19.1 Å². The molecular weight excluding hydrogens is 250 g/mol. The van der Waals surface area contributed by atoms with Gasteiger partial charge in [0, 0.05) is 11.5 Å². The maximum Gasteiger partial charge on any atom is 0.293 e. The molecule has 16 heavy (non-hydrogen) atoms. The molecule has 0 spiro atoms. The van der Waals surface area contributed by atoms with E-state index in [-0.39, 0.29) is 17.5 Å². The quantitative estimate of drug-likeness (QED) is 0.858. The summed E-state index contributed by atoms with van der Waals surface area (Å²) in [4.78, 5) is 15.7. The van der Waals surface area contributed by atoms with E-state index in [2.05, 4.69) is 14.7 Å². The van der Waals surface area contributed by atoms with Crippen LogP contribution in [0.5, 0.6) is 0 Å². The average molecular weight is 258 g/mol. The molecule has 0 atom stereocenters. The number of furan rings is 1. The predicted octanol–water partition coefficient (Wildman–Crippen LogP) is 2.43. The van der Waals surface area contributed by atoms with Gasteiger partial charge in [0.2, 0.25) is 5.13 Å². The zero-order valence-electron chi connectivity index (χ0n) is 8.36. The first-order valence-electron chi connectivity index (χ1n) is 4.45. The van der Waals surface area contributed by atoms with Crippen molar-refractivity contribution in [1.29, 1.82) is 0 Å². The van der Waals surface area contributed by atoms with Gasteiger partial charge in [0.15, 0.2) is 5.76 Å². The zero-order chi connectivity index (χ0) is 11.5. The second-order valence-corrected chi connectivity index (χ2v) is 4.02. The van der Waals surface area contributed by atoms with E-state index in [1.807, 2.05) is 0 Å². The van der Waals surface area contributed by atoms with Crippen LogP contribution in [0, 0.1) is 6.92 Å². The van der Waals surface area contributed by atoms with Crippen LogP contribution in [0.1, 0.15) is 22.1 Å². The Hall–Kier alpha value is -1.40. The van der Waals surface area contributed by atoms with E-state index < -0.39 is 0 Å². The van der Waals surface area contributed by atoms with Gasteiger partial charge in [-0.25, -0.2) is 4.98 Å². The van der Waals surface area contributed by atoms with Gasteiger partial charge in [-0.2, -0.15) is 4.37 Å². The Morgan fingerprint density at radius 3 is 3.00 bits per heavy atom. The van der Waals surface area contributed by atoms with Crippen LogP contribution in [-0.4, -0.2) is 15.3 Å². The van der Waals surface area contributed by atoms with E-state index in [0.29, 0.717) is 16.7 Å². The lowest BCUT2D eigenvalue weighted by atomic mass is 10.4. The van der Waals surface area contributed by atoms with Crippen LogP contribution in [0.15, 0.2) is 16.5 Å². The number of alkyl halides is 1. The highest BCUT2D eigenvalue weighted by atomic mass is 35.5. The molecule has 0 radical (unpaired) electrons. The SMILES string of the molecule is Cc1nsc(NC(=O)c2ccc(CCl)o2)n1. The smallest absolute Gasteiger partial charge is 0.293 e. The second-order valence-electron chi connectivity index (χ2n) is 3.00. The normalized spacial score (nSPS) is 10.4. The van der Waals surface area contributed by atoms with Gasteiger partial charge in [0.1, 0.15) is 11.6 Å². The van der Waals surface area contributed by atoms with E-state index in [1.165, 1.54) is 0 Å². The molecule has 2 rings (SSSR count). The van der Waals surface area contributed by atoms with Crippen LogP contribution in [0.25, 0.3) is 0 Å². The van der Waals surface area contributed by atoms with E-state index in [0.717, 1.165) is 11.5 Å². The number of rotatable bonds is 3. The fraction of sp³-hybridized carbons (Fsp3) is 0.222. The summed E-state index contributed by atoms with van der Waals surface area (Å²) in [6.45, 7) is 1.75. The number of hydrogen-bond donors (Lipinski definition) is 1. The molecule has 0 aromatic carbocycles. The standard InChI is InChI=1S/C9H8ClN3O2S/c1-5-11-9(16-13-5)12-8(14)7-3-2-6(4-10)15-7/h2-3H,4H2,1H3,(H,11,12,13,14). The number of hydrogen-bond acceptors (Lipinski definition) is 5. The number of nitrogens with zero attached hydrogens (tertiary/aromatic N) is 2. The van der Waals surface area contributed by atoms with E-state index in [9.17, 15) is 4.79 Å². The first-order chi connectivity index (χ1) is 7.69. The maximum atomic E-state index is 11.6. The number of aryl methyl sites for hydroxylation is 1. The minimum atomic E-state index is -0.354. The highest BCUT2D eigenvalue weighted by Crippen LogP contribution is 2.14. The summed E-state index contributed by atoms with van der Waals surface area (Å²) in [6, 6.07) is 3.23. The fourth-order valence-electron chi connectivity index (χ4n) is 1.08. The van der Waals surface area contributed by atoms with Crippen LogP contribution >= 0.6 is 23.1 Å². The number of amides is 1. The lowest BCUT2D eigenvalue weighted by molar-refractivity contribution is 0.0995. The van der Waals surface area contributed by atoms with Crippen molar-refractivity contribution in [2.24, 2.45) is 0 Å². The van der Waals surface area contributed by atoms with Crippen molar-refractivity contribution in [1.82, 2.24) is 9.36 Å². The van der Waals surface area contributed by atoms with Gasteiger partial charge in [-0.1, -0.05) is 0 Å². The van der Waals surface area contributed by atoms with Crippen LogP contribution < -0.4 is 5.32 Å². The Balaban J connectivity index is 2.08. The topological polar surface area (TPSA) is 68.0 Å². The number of nitrogens with one attached hydrogen (secondary N) is 1. The maximum absolute atomic E-state index is 11.6. The van der Waals surface area contributed by atoms with Gasteiger partial charge in [-0.3, -0.25) is 10.1 Å². The van der Waals surface area contributed by atoms with Gasteiger partial charge < -0.3 is 4.42 Å². The summed E-state index contributed by atoms with van der Waals surface area (Å²) in [5.74, 6) is 1.28. The van der Waals surface area contributed by atoms with Gasteiger partial charge in [-0.05, 0) is 19.1 Å². The average Bonchev–Trinajstić information content (AvgIpc) is 2.87. The van der Waals surface area contributed by atoms with Crippen molar-refractivity contribution in [3.05, 3.63) is 29.5 Å². The van der Waals surface area contributed by atoms with Crippen LogP contribution in [0.2, 0.25) is 0 Å². The Morgan fingerprint density at radius 2 is 2.44 bits per heavy atom. The lowest BCUT2D eigenvalue weighted by Crippen LogP contribution is -2.10. The molecule has 5 nitrogen and oxygen atoms in total. The van der Waals surface area contributed by atoms with Crippen molar-refractivity contribution >= 4 is 34.2 Å². The molecular formula is C9H8ClN3O2S. The third-order valence-corrected chi connectivity index (χ3v) is 2.75. The fourth-order valence-corrected chi connectivity index (χ4v) is 1.79. The van der Waals surface area contributed by atoms with Crippen molar-refractivity contribution < 1.29 is 9.21 Å². The highest BCUT2D eigenvalue weighted by Gasteiger charge is 2.12. The third-order valence-electron chi connectivity index (χ3n) is 1.77. The Kier molecular flexibility index (Phi) is 3.21. The van der Waals surface area contributed by atoms with E-state index >= 15 is 0 Å². The van der Waals surface area contributed by atoms with Gasteiger partial charge in [0.05, 0.1) is 5.88 Å². The number of halogens is 1. The van der Waals surface area contributed by atoms with Gasteiger partial charge >= 0.3 is 0 Å². The molecule has 7 heteroatoms. The first-order valence-corrected chi connectivity index (χ1v) is 5.76. The highest BCUT2D eigenvalue weighted by molar-refractivity contribution is 7.09. The van der Waals surface area contributed by atoms with Gasteiger partial charge in [-0.15, -0.1) is 11.6 Å². The Bertz CT molecular complexity index is 508. The summed E-state index contributed by atoms with van der Waals surface area (Å²) in [5.41, 5.74) is 0. The molecule has 0 fully saturated rings. The van der Waals surface area contributed by atoms with Crippen LogP contribution in [-0.2, 0) is 5.88 Å². The van der Waals surface area contributed by atoms with Crippen molar-refractivity contribution in [3.63, 3.8) is 0 Å². The summed E-state index contributed by atoms with van der Waals surface area (Å²) < 4.78 is 9.13. The Morgan fingerprint density at radius 1 is 1.62 bits per heavy atom. The number of anilines is 1. The zero-order valence-corrected chi connectivity index (χ0v) is 9.93.